The summed E-state index contributed by atoms with van der Waals surface area (Å²) in [5.41, 5.74) is 0.331. The minimum atomic E-state index is -1.13. The number of aromatic nitrogens is 2. The number of ether oxygens (including phenoxy) is 1. The number of aromatic amines is 1. The van der Waals surface area contributed by atoms with Crippen LogP contribution in [0, 0.1) is 0 Å². The van der Waals surface area contributed by atoms with Gasteiger partial charge in [0.2, 0.25) is 0 Å². The fraction of sp³-hybridized carbons (Fsp3) is 0.267. The first-order chi connectivity index (χ1) is 10.7. The van der Waals surface area contributed by atoms with Crippen molar-refractivity contribution in [2.75, 3.05) is 5.32 Å². The Morgan fingerprint density at radius 1 is 1.26 bits per heavy atom. The van der Waals surface area contributed by atoms with Gasteiger partial charge in [-0.1, -0.05) is 6.07 Å². The van der Waals surface area contributed by atoms with Crippen LogP contribution in [0.5, 0.6) is 5.75 Å². The number of nitrogens with one attached hydrogen (secondary N) is 2. The van der Waals surface area contributed by atoms with Crippen molar-refractivity contribution in [3.8, 4) is 17.0 Å². The van der Waals surface area contributed by atoms with Crippen molar-refractivity contribution >= 4 is 17.7 Å². The van der Waals surface area contributed by atoms with E-state index in [2.05, 4.69) is 15.5 Å². The summed E-state index contributed by atoms with van der Waals surface area (Å²) in [6.45, 7) is 5.19. The van der Waals surface area contributed by atoms with Gasteiger partial charge in [0.15, 0.2) is 0 Å². The number of aromatic carboxylic acids is 1. The van der Waals surface area contributed by atoms with Gasteiger partial charge < -0.3 is 14.9 Å². The lowest BCUT2D eigenvalue weighted by molar-refractivity contribution is 0.0633. The SMILES string of the molecule is CC(C)(C)OC(=O)Nc1ccc(-c2cc(C(=O)O)[nH]n2)cc1O. The molecule has 2 rings (SSSR count). The summed E-state index contributed by atoms with van der Waals surface area (Å²) in [6, 6.07) is 5.78. The van der Waals surface area contributed by atoms with Crippen molar-refractivity contribution in [3.63, 3.8) is 0 Å². The summed E-state index contributed by atoms with van der Waals surface area (Å²) < 4.78 is 5.10. The quantitative estimate of drug-likeness (QED) is 0.645. The lowest BCUT2D eigenvalue weighted by Gasteiger charge is -2.20. The summed E-state index contributed by atoms with van der Waals surface area (Å²) in [6.07, 6.45) is -0.687. The molecule has 0 bridgehead atoms. The molecule has 8 nitrogen and oxygen atoms in total. The third-order valence-electron chi connectivity index (χ3n) is 2.74. The summed E-state index contributed by atoms with van der Waals surface area (Å²) in [5.74, 6) is -1.32. The number of aromatic hydroxyl groups is 1. The predicted octanol–water partition coefficient (Wildman–Crippen LogP) is 2.83. The van der Waals surface area contributed by atoms with E-state index in [-0.39, 0.29) is 17.1 Å². The van der Waals surface area contributed by atoms with Crippen molar-refractivity contribution in [2.45, 2.75) is 26.4 Å². The van der Waals surface area contributed by atoms with E-state index in [0.29, 0.717) is 11.3 Å². The van der Waals surface area contributed by atoms with Crippen molar-refractivity contribution in [1.29, 1.82) is 0 Å². The number of rotatable bonds is 3. The molecule has 1 aromatic carbocycles. The molecule has 0 atom stereocenters. The van der Waals surface area contributed by atoms with Gasteiger partial charge >= 0.3 is 12.1 Å². The minimum absolute atomic E-state index is 0.0598. The van der Waals surface area contributed by atoms with Gasteiger partial charge in [-0.25, -0.2) is 9.59 Å². The maximum Gasteiger partial charge on any atom is 0.412 e. The number of phenolic OH excluding ortho intramolecular Hbond substituents is 1. The number of amides is 1. The lowest BCUT2D eigenvalue weighted by atomic mass is 10.1. The molecule has 0 aliphatic rings. The van der Waals surface area contributed by atoms with Crippen LogP contribution in [0.4, 0.5) is 10.5 Å². The Bertz CT molecular complexity index is 746. The average molecular weight is 319 g/mol. The molecule has 2 aromatic rings. The number of carbonyl (C=O) groups excluding carboxylic acids is 1. The highest BCUT2D eigenvalue weighted by atomic mass is 16.6. The Morgan fingerprint density at radius 3 is 2.48 bits per heavy atom. The molecule has 0 unspecified atom stereocenters. The third kappa shape index (κ3) is 4.22. The van der Waals surface area contributed by atoms with Crippen LogP contribution in [0.3, 0.4) is 0 Å². The van der Waals surface area contributed by atoms with Crippen molar-refractivity contribution < 1.29 is 24.5 Å². The first kappa shape index (κ1) is 16.3. The van der Waals surface area contributed by atoms with E-state index in [4.69, 9.17) is 9.84 Å². The summed E-state index contributed by atoms with van der Waals surface area (Å²) >= 11 is 0. The molecule has 0 fully saturated rings. The second-order valence-electron chi connectivity index (χ2n) is 5.83. The van der Waals surface area contributed by atoms with Gasteiger partial charge in [0.1, 0.15) is 17.0 Å². The molecule has 0 saturated carbocycles. The van der Waals surface area contributed by atoms with Crippen molar-refractivity contribution in [2.24, 2.45) is 0 Å². The summed E-state index contributed by atoms with van der Waals surface area (Å²) in [7, 11) is 0. The Morgan fingerprint density at radius 2 is 1.96 bits per heavy atom. The van der Waals surface area contributed by atoms with E-state index in [1.807, 2.05) is 0 Å². The zero-order valence-electron chi connectivity index (χ0n) is 12.9. The van der Waals surface area contributed by atoms with E-state index in [1.54, 1.807) is 26.8 Å². The van der Waals surface area contributed by atoms with Gasteiger partial charge in [-0.3, -0.25) is 10.4 Å². The van der Waals surface area contributed by atoms with E-state index in [9.17, 15) is 14.7 Å². The number of hydrogen-bond donors (Lipinski definition) is 4. The van der Waals surface area contributed by atoms with E-state index in [1.165, 1.54) is 18.2 Å². The molecule has 1 aromatic heterocycles. The third-order valence-corrected chi connectivity index (χ3v) is 2.74. The van der Waals surface area contributed by atoms with Gasteiger partial charge in [0.05, 0.1) is 11.4 Å². The van der Waals surface area contributed by atoms with Crippen molar-refractivity contribution in [3.05, 3.63) is 30.0 Å². The average Bonchev–Trinajstić information content (AvgIpc) is 2.88. The van der Waals surface area contributed by atoms with Gasteiger partial charge in [0, 0.05) is 5.56 Å². The first-order valence-corrected chi connectivity index (χ1v) is 6.78. The first-order valence-electron chi connectivity index (χ1n) is 6.78. The minimum Gasteiger partial charge on any atom is -0.506 e. The number of hydrogen-bond acceptors (Lipinski definition) is 5. The van der Waals surface area contributed by atoms with Gasteiger partial charge in [-0.15, -0.1) is 0 Å². The Kier molecular flexibility index (Phi) is 4.26. The van der Waals surface area contributed by atoms with Crippen LogP contribution in [0.2, 0.25) is 0 Å². The molecule has 122 valence electrons. The Hall–Kier alpha value is -3.03. The van der Waals surface area contributed by atoms with Crippen LogP contribution in [-0.2, 0) is 4.74 Å². The molecule has 4 N–H and O–H groups in total. The fourth-order valence-corrected chi connectivity index (χ4v) is 1.79. The van der Waals surface area contributed by atoms with E-state index >= 15 is 0 Å². The monoisotopic (exact) mass is 319 g/mol. The smallest absolute Gasteiger partial charge is 0.412 e. The van der Waals surface area contributed by atoms with Crippen LogP contribution in [0.25, 0.3) is 11.3 Å². The molecule has 0 aliphatic heterocycles. The van der Waals surface area contributed by atoms with E-state index in [0.717, 1.165) is 0 Å². The maximum atomic E-state index is 11.7. The number of carbonyl (C=O) groups is 2. The van der Waals surface area contributed by atoms with Gasteiger partial charge in [-0.2, -0.15) is 5.10 Å². The van der Waals surface area contributed by atoms with E-state index < -0.39 is 17.7 Å². The summed E-state index contributed by atoms with van der Waals surface area (Å²) in [4.78, 5) is 22.5. The molecule has 1 amide bonds. The normalized spacial score (nSPS) is 11.1. The molecule has 0 aliphatic carbocycles. The Balaban J connectivity index is 2.17. The highest BCUT2D eigenvalue weighted by molar-refractivity contribution is 5.89. The second kappa shape index (κ2) is 5.99. The maximum absolute atomic E-state index is 11.7. The second-order valence-corrected chi connectivity index (χ2v) is 5.83. The van der Waals surface area contributed by atoms with Crippen molar-refractivity contribution in [1.82, 2.24) is 10.2 Å². The van der Waals surface area contributed by atoms with Gasteiger partial charge in [-0.05, 0) is 39.0 Å². The summed E-state index contributed by atoms with van der Waals surface area (Å²) in [5, 5.41) is 27.5. The molecule has 23 heavy (non-hydrogen) atoms. The Labute approximate surface area is 132 Å². The molecule has 8 heteroatoms. The zero-order valence-corrected chi connectivity index (χ0v) is 12.9. The fourth-order valence-electron chi connectivity index (χ4n) is 1.79. The molecule has 0 saturated heterocycles. The standard InChI is InChI=1S/C15H17N3O5/c1-15(2,3)23-14(22)16-9-5-4-8(6-12(9)19)10-7-11(13(20)21)18-17-10/h4-7,19H,1-3H3,(H,16,22)(H,17,18)(H,20,21). The number of anilines is 1. The number of H-pyrrole nitrogens is 1. The van der Waals surface area contributed by atoms with Crippen LogP contribution < -0.4 is 5.32 Å². The number of carboxylic acids is 1. The molecule has 1 heterocycles. The van der Waals surface area contributed by atoms with Crippen LogP contribution in [-0.4, -0.2) is 38.1 Å². The number of nitrogens with zero attached hydrogens (tertiary/aromatic N) is 1. The van der Waals surface area contributed by atoms with Crippen LogP contribution in [0.15, 0.2) is 24.3 Å². The van der Waals surface area contributed by atoms with Crippen LogP contribution in [0.1, 0.15) is 31.3 Å². The molecular formula is C15H17N3O5. The molecule has 0 spiro atoms. The van der Waals surface area contributed by atoms with Gasteiger partial charge in [0.25, 0.3) is 0 Å². The number of phenols is 1. The number of carboxylic acid groups (broad SMARTS) is 1. The zero-order chi connectivity index (χ0) is 17.2. The predicted molar refractivity (Wildman–Crippen MR) is 82.5 cm³/mol. The highest BCUT2D eigenvalue weighted by Gasteiger charge is 2.18. The largest absolute Gasteiger partial charge is 0.506 e. The number of benzene rings is 1. The highest BCUT2D eigenvalue weighted by Crippen LogP contribution is 2.29. The molecular weight excluding hydrogens is 302 g/mol. The molecule has 0 radical (unpaired) electrons. The lowest BCUT2D eigenvalue weighted by Crippen LogP contribution is -2.27. The van der Waals surface area contributed by atoms with Crippen LogP contribution >= 0.6 is 0 Å². The topological polar surface area (TPSA) is 125 Å².